The van der Waals surface area contributed by atoms with E-state index >= 15 is 0 Å². The third-order valence-electron chi connectivity index (χ3n) is 3.05. The van der Waals surface area contributed by atoms with Crippen molar-refractivity contribution >= 4 is 11.9 Å². The van der Waals surface area contributed by atoms with Crippen LogP contribution >= 0.6 is 0 Å². The summed E-state index contributed by atoms with van der Waals surface area (Å²) in [6.07, 6.45) is 4.55. The molecule has 1 aromatic carbocycles. The summed E-state index contributed by atoms with van der Waals surface area (Å²) in [5.74, 6) is 0.532. The Morgan fingerprint density at radius 2 is 2.19 bits per heavy atom. The molecule has 0 bridgehead atoms. The molecular formula is C14H20N2. The highest BCUT2D eigenvalue weighted by molar-refractivity contribution is 5.70. The predicted octanol–water partition coefficient (Wildman–Crippen LogP) is 3.26. The van der Waals surface area contributed by atoms with E-state index in [-0.39, 0.29) is 0 Å². The van der Waals surface area contributed by atoms with Crippen molar-refractivity contribution in [2.75, 3.05) is 6.54 Å². The van der Waals surface area contributed by atoms with Crippen LogP contribution in [-0.4, -0.2) is 18.8 Å². The molecule has 16 heavy (non-hydrogen) atoms. The molecule has 2 nitrogen and oxygen atoms in total. The van der Waals surface area contributed by atoms with Crippen molar-refractivity contribution in [3.63, 3.8) is 0 Å². The van der Waals surface area contributed by atoms with E-state index in [0.29, 0.717) is 12.0 Å². The highest BCUT2D eigenvalue weighted by Gasteiger charge is 2.11. The first-order valence-corrected chi connectivity index (χ1v) is 6.14. The highest BCUT2D eigenvalue weighted by atomic mass is 14.9. The minimum Gasteiger partial charge on any atom is -0.309 e. The monoisotopic (exact) mass is 216 g/mol. The molecule has 0 aliphatic carbocycles. The number of hydrogen-bond acceptors (Lipinski definition) is 2. The van der Waals surface area contributed by atoms with Crippen molar-refractivity contribution in [2.24, 2.45) is 4.99 Å². The zero-order valence-electron chi connectivity index (χ0n) is 10.1. The van der Waals surface area contributed by atoms with Crippen LogP contribution in [-0.2, 0) is 0 Å². The van der Waals surface area contributed by atoms with Crippen LogP contribution in [0, 0.1) is 0 Å². The average Bonchev–Trinajstić information content (AvgIpc) is 2.79. The fourth-order valence-electron chi connectivity index (χ4n) is 2.10. The zero-order valence-corrected chi connectivity index (χ0v) is 10.1. The van der Waals surface area contributed by atoms with E-state index in [4.69, 9.17) is 0 Å². The lowest BCUT2D eigenvalue weighted by Crippen LogP contribution is -2.22. The normalized spacial score (nSPS) is 21.1. The van der Waals surface area contributed by atoms with Crippen LogP contribution in [0.25, 0.3) is 0 Å². The molecule has 0 amide bonds. The molecule has 1 fully saturated rings. The van der Waals surface area contributed by atoms with E-state index < -0.39 is 0 Å². The molecule has 0 radical (unpaired) electrons. The van der Waals surface area contributed by atoms with Gasteiger partial charge in [-0.2, -0.15) is 0 Å². The lowest BCUT2D eigenvalue weighted by atomic mass is 10.0. The molecular weight excluding hydrogens is 196 g/mol. The molecule has 1 aliphatic heterocycles. The van der Waals surface area contributed by atoms with Gasteiger partial charge in [0.15, 0.2) is 0 Å². The Labute approximate surface area is 97.8 Å². The van der Waals surface area contributed by atoms with Crippen LogP contribution in [0.2, 0.25) is 0 Å². The van der Waals surface area contributed by atoms with Crippen LogP contribution in [0.15, 0.2) is 29.3 Å². The van der Waals surface area contributed by atoms with Crippen molar-refractivity contribution in [2.45, 2.75) is 38.6 Å². The Kier molecular flexibility index (Phi) is 3.73. The third-order valence-corrected chi connectivity index (χ3v) is 3.05. The van der Waals surface area contributed by atoms with Gasteiger partial charge in [-0.1, -0.05) is 32.0 Å². The Balaban J connectivity index is 2.13. The van der Waals surface area contributed by atoms with Gasteiger partial charge in [-0.05, 0) is 36.9 Å². The maximum Gasteiger partial charge on any atom is 0.0660 e. The number of aliphatic imine (C=N–C) groups is 1. The Morgan fingerprint density at radius 3 is 2.88 bits per heavy atom. The van der Waals surface area contributed by atoms with E-state index in [9.17, 15) is 0 Å². The molecule has 1 unspecified atom stereocenters. The summed E-state index contributed by atoms with van der Waals surface area (Å²) in [6, 6.07) is 8.88. The van der Waals surface area contributed by atoms with Crippen molar-refractivity contribution in [3.8, 4) is 0 Å². The smallest absolute Gasteiger partial charge is 0.0660 e. The molecule has 1 aliphatic rings. The molecule has 0 spiro atoms. The van der Waals surface area contributed by atoms with Crippen molar-refractivity contribution in [3.05, 3.63) is 29.8 Å². The predicted molar refractivity (Wildman–Crippen MR) is 69.7 cm³/mol. The Hall–Kier alpha value is -1.15. The topological polar surface area (TPSA) is 24.4 Å². The zero-order chi connectivity index (χ0) is 11.4. The molecule has 1 heterocycles. The first kappa shape index (κ1) is 11.3. The molecule has 1 N–H and O–H groups in total. The van der Waals surface area contributed by atoms with Crippen LogP contribution in [0.5, 0.6) is 0 Å². The largest absolute Gasteiger partial charge is 0.309 e. The van der Waals surface area contributed by atoms with Crippen LogP contribution in [0.3, 0.4) is 0 Å². The summed E-state index contributed by atoms with van der Waals surface area (Å²) < 4.78 is 0. The van der Waals surface area contributed by atoms with Gasteiger partial charge in [0.2, 0.25) is 0 Å². The average molecular weight is 216 g/mol. The second kappa shape index (κ2) is 5.26. The van der Waals surface area contributed by atoms with Gasteiger partial charge < -0.3 is 5.32 Å². The van der Waals surface area contributed by atoms with Crippen molar-refractivity contribution in [1.82, 2.24) is 5.32 Å². The van der Waals surface area contributed by atoms with Gasteiger partial charge in [0.05, 0.1) is 5.69 Å². The van der Waals surface area contributed by atoms with Crippen LogP contribution in [0.1, 0.15) is 38.2 Å². The SMILES string of the molecule is CC(C)c1ccccc1N=CC1CCCN1. The molecule has 1 atom stereocenters. The summed E-state index contributed by atoms with van der Waals surface area (Å²) in [5, 5.41) is 3.43. The van der Waals surface area contributed by atoms with Gasteiger partial charge in [-0.15, -0.1) is 0 Å². The number of benzene rings is 1. The number of nitrogens with one attached hydrogen (secondary N) is 1. The molecule has 2 heteroatoms. The summed E-state index contributed by atoms with van der Waals surface area (Å²) in [4.78, 5) is 4.62. The summed E-state index contributed by atoms with van der Waals surface area (Å²) >= 11 is 0. The molecule has 0 saturated carbocycles. The van der Waals surface area contributed by atoms with Gasteiger partial charge in [0.1, 0.15) is 0 Å². The van der Waals surface area contributed by atoms with Gasteiger partial charge >= 0.3 is 0 Å². The maximum absolute atomic E-state index is 4.62. The quantitative estimate of drug-likeness (QED) is 0.770. The third kappa shape index (κ3) is 2.70. The second-order valence-electron chi connectivity index (χ2n) is 4.69. The second-order valence-corrected chi connectivity index (χ2v) is 4.69. The fourth-order valence-corrected chi connectivity index (χ4v) is 2.10. The minimum absolute atomic E-state index is 0.472. The standard InChI is InChI=1S/C14H20N2/c1-11(2)13-7-3-4-8-14(13)16-10-12-6-5-9-15-12/h3-4,7-8,10-12,15H,5-6,9H2,1-2H3. The summed E-state index contributed by atoms with van der Waals surface area (Å²) in [6.45, 7) is 5.55. The number of rotatable bonds is 3. The lowest BCUT2D eigenvalue weighted by molar-refractivity contribution is 0.774. The minimum atomic E-state index is 0.472. The highest BCUT2D eigenvalue weighted by Crippen LogP contribution is 2.26. The molecule has 0 aromatic heterocycles. The van der Waals surface area contributed by atoms with Crippen molar-refractivity contribution in [1.29, 1.82) is 0 Å². The number of nitrogens with zero attached hydrogens (tertiary/aromatic N) is 1. The van der Waals surface area contributed by atoms with Gasteiger partial charge in [-0.25, -0.2) is 0 Å². The molecule has 86 valence electrons. The maximum atomic E-state index is 4.62. The van der Waals surface area contributed by atoms with Gasteiger partial charge in [-0.3, -0.25) is 4.99 Å². The van der Waals surface area contributed by atoms with Crippen LogP contribution < -0.4 is 5.32 Å². The van der Waals surface area contributed by atoms with E-state index in [1.165, 1.54) is 18.4 Å². The lowest BCUT2D eigenvalue weighted by Gasteiger charge is -2.09. The Morgan fingerprint density at radius 1 is 1.38 bits per heavy atom. The van der Waals surface area contributed by atoms with Crippen LogP contribution in [0.4, 0.5) is 5.69 Å². The first-order chi connectivity index (χ1) is 7.77. The summed E-state index contributed by atoms with van der Waals surface area (Å²) in [5.41, 5.74) is 2.45. The van der Waals surface area contributed by atoms with E-state index in [2.05, 4.69) is 54.6 Å². The Bertz CT molecular complexity index is 363. The van der Waals surface area contributed by atoms with E-state index in [1.807, 2.05) is 0 Å². The number of para-hydroxylation sites is 1. The summed E-state index contributed by atoms with van der Waals surface area (Å²) in [7, 11) is 0. The molecule has 2 rings (SSSR count). The molecule has 1 aromatic rings. The van der Waals surface area contributed by atoms with E-state index in [0.717, 1.165) is 12.2 Å². The van der Waals surface area contributed by atoms with Gasteiger partial charge in [0.25, 0.3) is 0 Å². The first-order valence-electron chi connectivity index (χ1n) is 6.14. The fraction of sp³-hybridized carbons (Fsp3) is 0.500. The van der Waals surface area contributed by atoms with Crippen molar-refractivity contribution < 1.29 is 0 Å². The number of hydrogen-bond donors (Lipinski definition) is 1. The van der Waals surface area contributed by atoms with E-state index in [1.54, 1.807) is 0 Å². The van der Waals surface area contributed by atoms with Gasteiger partial charge in [0, 0.05) is 12.3 Å². The molecule has 1 saturated heterocycles.